The van der Waals surface area contributed by atoms with Gasteiger partial charge in [-0.25, -0.2) is 4.98 Å². The van der Waals surface area contributed by atoms with E-state index < -0.39 is 0 Å². The molecule has 2 aromatic rings. The highest BCUT2D eigenvalue weighted by Gasteiger charge is 2.26. The number of aryl methyl sites for hydroxylation is 1. The van der Waals surface area contributed by atoms with Gasteiger partial charge in [0.1, 0.15) is 5.82 Å². The first kappa shape index (κ1) is 18.0. The van der Waals surface area contributed by atoms with E-state index in [0.29, 0.717) is 11.9 Å². The lowest BCUT2D eigenvalue weighted by molar-refractivity contribution is 0.248. The number of aliphatic hydroxyl groups is 1. The van der Waals surface area contributed by atoms with Gasteiger partial charge in [0.15, 0.2) is 0 Å². The molecule has 134 valence electrons. The molecular weight excluding hydrogens is 336 g/mol. The fraction of sp³-hybridized carbons (Fsp3) is 0.474. The van der Waals surface area contributed by atoms with Crippen LogP contribution in [0.1, 0.15) is 43.9 Å². The topological polar surface area (TPSA) is 70.1 Å². The van der Waals surface area contributed by atoms with Crippen molar-refractivity contribution in [3.05, 3.63) is 40.5 Å². The summed E-state index contributed by atoms with van der Waals surface area (Å²) in [5.74, 6) is 2.08. The summed E-state index contributed by atoms with van der Waals surface area (Å²) in [6.07, 6.45) is 2.33. The van der Waals surface area contributed by atoms with Crippen LogP contribution in [-0.2, 0) is 0 Å². The van der Waals surface area contributed by atoms with Gasteiger partial charge in [-0.15, -0.1) is 0 Å². The molecule has 1 aliphatic carbocycles. The summed E-state index contributed by atoms with van der Waals surface area (Å²) >= 11 is 6.21. The maximum atomic E-state index is 9.56. The summed E-state index contributed by atoms with van der Waals surface area (Å²) in [5.41, 5.74) is 2.97. The predicted octanol–water partition coefficient (Wildman–Crippen LogP) is 4.49. The molecule has 25 heavy (non-hydrogen) atoms. The van der Waals surface area contributed by atoms with E-state index in [-0.39, 0.29) is 18.6 Å². The van der Waals surface area contributed by atoms with Gasteiger partial charge in [0.2, 0.25) is 5.95 Å². The first-order valence-corrected chi connectivity index (χ1v) is 9.13. The SMILES string of the molecule is Cc1ccc(Nc2cc(C3CC3)nc(N[C@@H](CO)C(C)C)n2)cc1Cl. The molecule has 0 unspecified atom stereocenters. The van der Waals surface area contributed by atoms with Crippen LogP contribution in [0, 0.1) is 12.8 Å². The third kappa shape index (κ3) is 4.61. The van der Waals surface area contributed by atoms with Gasteiger partial charge < -0.3 is 15.7 Å². The van der Waals surface area contributed by atoms with Crippen LogP contribution in [0.15, 0.2) is 24.3 Å². The van der Waals surface area contributed by atoms with E-state index in [2.05, 4.69) is 34.4 Å². The van der Waals surface area contributed by atoms with Gasteiger partial charge in [0.05, 0.1) is 18.3 Å². The Morgan fingerprint density at radius 3 is 2.60 bits per heavy atom. The minimum Gasteiger partial charge on any atom is -0.394 e. The number of halogens is 1. The van der Waals surface area contributed by atoms with E-state index in [4.69, 9.17) is 11.6 Å². The van der Waals surface area contributed by atoms with Gasteiger partial charge in [0, 0.05) is 22.7 Å². The number of aliphatic hydroxyl groups excluding tert-OH is 1. The molecular formula is C19H25ClN4O. The molecule has 0 saturated heterocycles. The summed E-state index contributed by atoms with van der Waals surface area (Å²) in [5, 5.41) is 16.9. The highest BCUT2D eigenvalue weighted by molar-refractivity contribution is 6.31. The van der Waals surface area contributed by atoms with Crippen molar-refractivity contribution in [2.45, 2.75) is 45.6 Å². The Kier molecular flexibility index (Phi) is 5.45. The van der Waals surface area contributed by atoms with Crippen LogP contribution in [0.5, 0.6) is 0 Å². The molecule has 6 heteroatoms. The van der Waals surface area contributed by atoms with Crippen molar-refractivity contribution in [3.63, 3.8) is 0 Å². The molecule has 1 aliphatic rings. The summed E-state index contributed by atoms with van der Waals surface area (Å²) in [7, 11) is 0. The Bertz CT molecular complexity index is 746. The Hall–Kier alpha value is -1.85. The number of aromatic nitrogens is 2. The van der Waals surface area contributed by atoms with Gasteiger partial charge in [-0.1, -0.05) is 31.5 Å². The molecule has 1 saturated carbocycles. The maximum absolute atomic E-state index is 9.56. The largest absolute Gasteiger partial charge is 0.394 e. The van der Waals surface area contributed by atoms with Crippen molar-refractivity contribution in [3.8, 4) is 0 Å². The molecule has 5 nitrogen and oxygen atoms in total. The van der Waals surface area contributed by atoms with Crippen LogP contribution in [0.3, 0.4) is 0 Å². The molecule has 1 atom stereocenters. The molecule has 1 heterocycles. The van der Waals surface area contributed by atoms with Crippen LogP contribution in [-0.4, -0.2) is 27.7 Å². The smallest absolute Gasteiger partial charge is 0.225 e. The molecule has 0 spiro atoms. The number of nitrogens with one attached hydrogen (secondary N) is 2. The highest BCUT2D eigenvalue weighted by Crippen LogP contribution is 2.40. The van der Waals surface area contributed by atoms with Crippen LogP contribution in [0.4, 0.5) is 17.5 Å². The quantitative estimate of drug-likeness (QED) is 0.678. The second-order valence-electron chi connectivity index (χ2n) is 7.04. The van der Waals surface area contributed by atoms with Crippen LogP contribution in [0.25, 0.3) is 0 Å². The standard InChI is InChI=1S/C19H25ClN4O/c1-11(2)17(10-25)23-19-22-16(13-5-6-13)9-18(24-19)21-14-7-4-12(3)15(20)8-14/h4,7-9,11,13,17,25H,5-6,10H2,1-3H3,(H2,21,22,23,24)/t17-/m0/s1. The van der Waals surface area contributed by atoms with Crippen molar-refractivity contribution < 1.29 is 5.11 Å². The highest BCUT2D eigenvalue weighted by atomic mass is 35.5. The van der Waals surface area contributed by atoms with Gasteiger partial charge in [-0.2, -0.15) is 4.98 Å². The van der Waals surface area contributed by atoms with Gasteiger partial charge >= 0.3 is 0 Å². The number of hydrogen-bond donors (Lipinski definition) is 3. The van der Waals surface area contributed by atoms with Gasteiger partial charge in [-0.3, -0.25) is 0 Å². The lowest BCUT2D eigenvalue weighted by atomic mass is 10.1. The zero-order valence-corrected chi connectivity index (χ0v) is 15.6. The molecule has 3 N–H and O–H groups in total. The Balaban J connectivity index is 1.86. The minimum atomic E-state index is -0.0730. The lowest BCUT2D eigenvalue weighted by Gasteiger charge is -2.20. The maximum Gasteiger partial charge on any atom is 0.225 e. The molecule has 1 aromatic carbocycles. The summed E-state index contributed by atoms with van der Waals surface area (Å²) in [4.78, 5) is 9.21. The van der Waals surface area contributed by atoms with Crippen LogP contribution >= 0.6 is 11.6 Å². The van der Waals surface area contributed by atoms with Gasteiger partial charge in [0.25, 0.3) is 0 Å². The van der Waals surface area contributed by atoms with Crippen LogP contribution in [0.2, 0.25) is 5.02 Å². The Morgan fingerprint density at radius 2 is 2.00 bits per heavy atom. The fourth-order valence-electron chi connectivity index (χ4n) is 2.59. The number of nitrogens with zero attached hydrogens (tertiary/aromatic N) is 2. The number of rotatable bonds is 7. The number of benzene rings is 1. The Labute approximate surface area is 153 Å². The van der Waals surface area contributed by atoms with E-state index in [1.807, 2.05) is 31.2 Å². The van der Waals surface area contributed by atoms with E-state index in [9.17, 15) is 5.11 Å². The van der Waals surface area contributed by atoms with Gasteiger partial charge in [-0.05, 0) is 43.4 Å². The average Bonchev–Trinajstić information content (AvgIpc) is 3.40. The first-order valence-electron chi connectivity index (χ1n) is 8.76. The number of hydrogen-bond acceptors (Lipinski definition) is 5. The van der Waals surface area contributed by atoms with Crippen LogP contribution < -0.4 is 10.6 Å². The van der Waals surface area contributed by atoms with Crippen molar-refractivity contribution >= 4 is 29.1 Å². The fourth-order valence-corrected chi connectivity index (χ4v) is 2.77. The molecule has 0 bridgehead atoms. The van der Waals surface area contributed by atoms with Crippen molar-refractivity contribution in [1.29, 1.82) is 0 Å². The van der Waals surface area contributed by atoms with Crippen molar-refractivity contribution in [1.82, 2.24) is 9.97 Å². The monoisotopic (exact) mass is 360 g/mol. The molecule has 1 fully saturated rings. The third-order valence-corrected chi connectivity index (χ3v) is 4.91. The number of anilines is 3. The van der Waals surface area contributed by atoms with Crippen molar-refractivity contribution in [2.75, 3.05) is 17.2 Å². The van der Waals surface area contributed by atoms with E-state index in [1.54, 1.807) is 0 Å². The minimum absolute atomic E-state index is 0.0466. The Morgan fingerprint density at radius 1 is 1.24 bits per heavy atom. The first-order chi connectivity index (χ1) is 12.0. The lowest BCUT2D eigenvalue weighted by Crippen LogP contribution is -2.30. The average molecular weight is 361 g/mol. The van der Waals surface area contributed by atoms with E-state index in [0.717, 1.165) is 27.8 Å². The third-order valence-electron chi connectivity index (χ3n) is 4.50. The summed E-state index contributed by atoms with van der Waals surface area (Å²) in [6.45, 7) is 6.15. The molecule has 0 amide bonds. The molecule has 1 aromatic heterocycles. The van der Waals surface area contributed by atoms with Crippen molar-refractivity contribution in [2.24, 2.45) is 5.92 Å². The summed E-state index contributed by atoms with van der Waals surface area (Å²) in [6, 6.07) is 7.79. The molecule has 0 radical (unpaired) electrons. The summed E-state index contributed by atoms with van der Waals surface area (Å²) < 4.78 is 0. The van der Waals surface area contributed by atoms with E-state index >= 15 is 0 Å². The predicted molar refractivity (Wildman–Crippen MR) is 103 cm³/mol. The molecule has 0 aliphatic heterocycles. The second kappa shape index (κ2) is 7.58. The zero-order chi connectivity index (χ0) is 18.0. The normalized spacial score (nSPS) is 15.3. The second-order valence-corrected chi connectivity index (χ2v) is 7.45. The molecule has 3 rings (SSSR count). The zero-order valence-electron chi connectivity index (χ0n) is 14.9. The van der Waals surface area contributed by atoms with E-state index in [1.165, 1.54) is 12.8 Å².